The average Bonchev–Trinajstić information content (AvgIpc) is 2.29. The third kappa shape index (κ3) is 2.77. The Balaban J connectivity index is 2.03. The lowest BCUT2D eigenvalue weighted by Gasteiger charge is -1.99. The van der Waals surface area contributed by atoms with Gasteiger partial charge in [0.15, 0.2) is 4.90 Å². The lowest BCUT2D eigenvalue weighted by Crippen LogP contribution is -1.95. The van der Waals surface area contributed by atoms with Crippen molar-refractivity contribution in [1.82, 2.24) is 0 Å². The zero-order chi connectivity index (χ0) is 10.5. The molecule has 0 aliphatic carbocycles. The van der Waals surface area contributed by atoms with Crippen molar-refractivity contribution >= 4 is 17.4 Å². The van der Waals surface area contributed by atoms with Gasteiger partial charge in [-0.05, 0) is 18.2 Å². The van der Waals surface area contributed by atoms with Crippen LogP contribution in [0, 0.1) is 0 Å². The molecular weight excluding hydrogens is 202 g/mol. The molecule has 76 valence electrons. The van der Waals surface area contributed by atoms with Crippen LogP contribution in [-0.4, -0.2) is 0 Å². The Bertz CT molecular complexity index is 426. The number of benzene rings is 2. The van der Waals surface area contributed by atoms with Crippen molar-refractivity contribution in [2.75, 3.05) is 5.73 Å². The van der Waals surface area contributed by atoms with E-state index in [0.29, 0.717) is 0 Å². The minimum atomic E-state index is 0.890. The lowest BCUT2D eigenvalue weighted by molar-refractivity contribution is 1.38. The van der Waals surface area contributed by atoms with Gasteiger partial charge in [0.25, 0.3) is 0 Å². The molecule has 0 spiro atoms. The van der Waals surface area contributed by atoms with E-state index >= 15 is 0 Å². The number of rotatable bonds is 3. The first-order valence-electron chi connectivity index (χ1n) is 4.92. The first kappa shape index (κ1) is 10.1. The van der Waals surface area contributed by atoms with E-state index < -0.39 is 0 Å². The maximum Gasteiger partial charge on any atom is 0.152 e. The molecule has 2 heteroatoms. The molecule has 1 nitrogen and oxygen atoms in total. The summed E-state index contributed by atoms with van der Waals surface area (Å²) in [5, 5.41) is 0. The fourth-order valence-corrected chi connectivity index (χ4v) is 2.41. The Labute approximate surface area is 94.3 Å². The number of nitrogens with two attached hydrogens (primary N) is 1. The third-order valence-corrected chi connectivity index (χ3v) is 3.41. The van der Waals surface area contributed by atoms with Gasteiger partial charge in [0, 0.05) is 23.0 Å². The van der Waals surface area contributed by atoms with Crippen LogP contribution in [-0.2, 0) is 17.5 Å². The van der Waals surface area contributed by atoms with Crippen molar-refractivity contribution < 1.29 is 0 Å². The van der Waals surface area contributed by atoms with Crippen molar-refractivity contribution in [3.63, 3.8) is 0 Å². The molecule has 0 aromatic heterocycles. The molecule has 0 fully saturated rings. The van der Waals surface area contributed by atoms with Crippen LogP contribution in [0.25, 0.3) is 0 Å². The van der Waals surface area contributed by atoms with Crippen LogP contribution in [0.4, 0.5) is 5.69 Å². The maximum atomic E-state index is 5.88. The van der Waals surface area contributed by atoms with Gasteiger partial charge in [-0.25, -0.2) is 0 Å². The van der Waals surface area contributed by atoms with Crippen LogP contribution >= 0.6 is 0 Å². The molecular formula is C13H14NS+. The van der Waals surface area contributed by atoms with E-state index in [9.17, 15) is 0 Å². The summed E-state index contributed by atoms with van der Waals surface area (Å²) in [7, 11) is 0. The largest absolute Gasteiger partial charge is 0.398 e. The summed E-state index contributed by atoms with van der Waals surface area (Å²) in [6, 6.07) is 18.5. The second kappa shape index (κ2) is 4.89. The van der Waals surface area contributed by atoms with Crippen LogP contribution in [0.1, 0.15) is 5.56 Å². The van der Waals surface area contributed by atoms with E-state index in [2.05, 4.69) is 30.3 Å². The minimum Gasteiger partial charge on any atom is -0.398 e. The number of hydrogen-bond acceptors (Lipinski definition) is 1. The molecule has 0 amide bonds. The second-order valence-electron chi connectivity index (χ2n) is 3.35. The van der Waals surface area contributed by atoms with Crippen LogP contribution in [0.3, 0.4) is 0 Å². The van der Waals surface area contributed by atoms with Gasteiger partial charge >= 0.3 is 0 Å². The zero-order valence-electron chi connectivity index (χ0n) is 8.43. The number of hydrogen-bond donors (Lipinski definition) is 1. The zero-order valence-corrected chi connectivity index (χ0v) is 9.32. The molecule has 2 aromatic carbocycles. The molecule has 2 rings (SSSR count). The van der Waals surface area contributed by atoms with Gasteiger partial charge in [0.1, 0.15) is 5.75 Å². The molecule has 2 aromatic rings. The third-order valence-electron chi connectivity index (χ3n) is 2.24. The molecule has 0 saturated heterocycles. The lowest BCUT2D eigenvalue weighted by atomic mass is 10.2. The molecule has 15 heavy (non-hydrogen) atoms. The Morgan fingerprint density at radius 3 is 2.27 bits per heavy atom. The van der Waals surface area contributed by atoms with Crippen LogP contribution < -0.4 is 5.73 Å². The van der Waals surface area contributed by atoms with E-state index in [1.807, 2.05) is 24.3 Å². The Morgan fingerprint density at radius 1 is 0.867 bits per heavy atom. The van der Waals surface area contributed by atoms with E-state index in [-0.39, 0.29) is 0 Å². The highest BCUT2D eigenvalue weighted by Gasteiger charge is 2.05. The first-order chi connectivity index (χ1) is 7.36. The van der Waals surface area contributed by atoms with Crippen molar-refractivity contribution in [3.8, 4) is 0 Å². The van der Waals surface area contributed by atoms with Crippen molar-refractivity contribution in [3.05, 3.63) is 60.2 Å². The summed E-state index contributed by atoms with van der Waals surface area (Å²) < 4.78 is 0. The van der Waals surface area contributed by atoms with Crippen LogP contribution in [0.15, 0.2) is 59.5 Å². The highest BCUT2D eigenvalue weighted by Crippen LogP contribution is 2.14. The Kier molecular flexibility index (Phi) is 3.30. The number of para-hydroxylation sites is 1. The fraction of sp³-hybridized carbons (Fsp3) is 0.0769. The second-order valence-corrected chi connectivity index (χ2v) is 4.50. The van der Waals surface area contributed by atoms with Crippen LogP contribution in [0.5, 0.6) is 0 Å². The van der Waals surface area contributed by atoms with Gasteiger partial charge in [0.05, 0.1) is 0 Å². The normalized spacial score (nSPS) is 10.1. The smallest absolute Gasteiger partial charge is 0.152 e. The summed E-state index contributed by atoms with van der Waals surface area (Å²) in [6.45, 7) is 0. The molecule has 0 saturated carbocycles. The van der Waals surface area contributed by atoms with E-state index in [4.69, 9.17) is 5.73 Å². The van der Waals surface area contributed by atoms with E-state index in [1.165, 1.54) is 22.2 Å². The topological polar surface area (TPSA) is 26.0 Å². The predicted molar refractivity (Wildman–Crippen MR) is 68.0 cm³/mol. The molecule has 0 bridgehead atoms. The standard InChI is InChI=1S/C13H13NS/c14-13-9-5-4-6-11(13)10-15-12-7-2-1-3-8-12/h1-9H,10,14H2/p+1. The molecule has 0 unspecified atom stereocenters. The highest BCUT2D eigenvalue weighted by atomic mass is 32.2. The van der Waals surface area contributed by atoms with Gasteiger partial charge in [-0.2, -0.15) is 0 Å². The Hall–Kier alpha value is -1.41. The molecule has 0 aliphatic rings. The first-order valence-corrected chi connectivity index (χ1v) is 6.00. The monoisotopic (exact) mass is 216 g/mol. The van der Waals surface area contributed by atoms with E-state index in [1.54, 1.807) is 0 Å². The summed E-state index contributed by atoms with van der Waals surface area (Å²) >= 11 is 1.30. The van der Waals surface area contributed by atoms with E-state index in [0.717, 1.165) is 11.4 Å². The highest BCUT2D eigenvalue weighted by molar-refractivity contribution is 7.77. The van der Waals surface area contributed by atoms with Gasteiger partial charge in [-0.15, -0.1) is 0 Å². The van der Waals surface area contributed by atoms with Gasteiger partial charge in [-0.1, -0.05) is 36.4 Å². The number of anilines is 1. The summed E-state index contributed by atoms with van der Waals surface area (Å²) in [5.41, 5.74) is 8.00. The molecule has 0 aliphatic heterocycles. The van der Waals surface area contributed by atoms with Crippen molar-refractivity contribution in [2.24, 2.45) is 0 Å². The van der Waals surface area contributed by atoms with Gasteiger partial charge in [0.2, 0.25) is 0 Å². The minimum absolute atomic E-state index is 0.890. The quantitative estimate of drug-likeness (QED) is 0.476. The number of thiol groups is 1. The molecule has 2 N–H and O–H groups in total. The average molecular weight is 216 g/mol. The Morgan fingerprint density at radius 2 is 1.53 bits per heavy atom. The molecule has 0 heterocycles. The van der Waals surface area contributed by atoms with Crippen molar-refractivity contribution in [2.45, 2.75) is 10.6 Å². The van der Waals surface area contributed by atoms with Gasteiger partial charge in [-0.3, -0.25) is 0 Å². The summed E-state index contributed by atoms with van der Waals surface area (Å²) in [5.74, 6) is 0.983. The van der Waals surface area contributed by atoms with Gasteiger partial charge < -0.3 is 5.73 Å². The van der Waals surface area contributed by atoms with Crippen molar-refractivity contribution in [1.29, 1.82) is 0 Å². The molecule has 0 radical (unpaired) electrons. The SMILES string of the molecule is Nc1ccccc1C[SH+]c1ccccc1. The summed E-state index contributed by atoms with van der Waals surface area (Å²) in [6.07, 6.45) is 0. The van der Waals surface area contributed by atoms with Crippen LogP contribution in [0.2, 0.25) is 0 Å². The fourth-order valence-electron chi connectivity index (χ4n) is 1.39. The molecule has 0 atom stereocenters. The maximum absolute atomic E-state index is 5.88. The predicted octanol–water partition coefficient (Wildman–Crippen LogP) is 2.64. The summed E-state index contributed by atoms with van der Waals surface area (Å²) in [4.78, 5) is 1.33. The number of nitrogen functional groups attached to an aromatic ring is 1.